The zero-order valence-electron chi connectivity index (χ0n) is 7.04. The quantitative estimate of drug-likeness (QED) is 0.479. The fourth-order valence-electron chi connectivity index (χ4n) is 1.52. The molecule has 1 saturated carbocycles. The molecule has 56 valence electrons. The summed E-state index contributed by atoms with van der Waals surface area (Å²) in [5.74, 6) is 0. The van der Waals surface area contributed by atoms with Crippen LogP contribution >= 0.6 is 0 Å². The van der Waals surface area contributed by atoms with Crippen molar-refractivity contribution in [1.29, 1.82) is 0 Å². The molecule has 10 heavy (non-hydrogen) atoms. The van der Waals surface area contributed by atoms with E-state index in [-0.39, 0.29) is 0 Å². The Morgan fingerprint density at radius 2 is 1.90 bits per heavy atom. The minimum atomic E-state index is 0.315. The second kappa shape index (κ2) is 2.26. The molecule has 0 unspecified atom stereocenters. The molecule has 1 aliphatic rings. The minimum absolute atomic E-state index is 0.315. The van der Waals surface area contributed by atoms with Gasteiger partial charge in [-0.15, -0.1) is 0 Å². The molecule has 1 rings (SSSR count). The third kappa shape index (κ3) is 1.16. The lowest BCUT2D eigenvalue weighted by Gasteiger charge is -2.33. The molecule has 0 aliphatic heterocycles. The molecule has 0 heteroatoms. The van der Waals surface area contributed by atoms with Crippen LogP contribution in [-0.2, 0) is 0 Å². The summed E-state index contributed by atoms with van der Waals surface area (Å²) in [6.07, 6.45) is 3.71. The Hall–Kier alpha value is -0.520. The van der Waals surface area contributed by atoms with Gasteiger partial charge in [-0.3, -0.25) is 0 Å². The van der Waals surface area contributed by atoms with Crippen LogP contribution in [0.3, 0.4) is 0 Å². The van der Waals surface area contributed by atoms with Crippen molar-refractivity contribution in [3.05, 3.63) is 24.3 Å². The first-order valence-corrected chi connectivity index (χ1v) is 3.91. The van der Waals surface area contributed by atoms with Crippen LogP contribution in [0.15, 0.2) is 24.3 Å². The zero-order valence-corrected chi connectivity index (χ0v) is 7.04. The predicted octanol–water partition coefficient (Wildman–Crippen LogP) is 3.31. The summed E-state index contributed by atoms with van der Waals surface area (Å²) in [4.78, 5) is 0. The first kappa shape index (κ1) is 7.59. The smallest absolute Gasteiger partial charge is 0.0107 e. The molecule has 0 heterocycles. The molecule has 0 aromatic rings. The molecule has 0 saturated heterocycles. The van der Waals surface area contributed by atoms with E-state index in [0.717, 1.165) is 6.42 Å². The summed E-state index contributed by atoms with van der Waals surface area (Å²) >= 11 is 0. The lowest BCUT2D eigenvalue weighted by Crippen LogP contribution is -2.19. The highest BCUT2D eigenvalue weighted by Crippen LogP contribution is 2.41. The molecular formula is C10H16. The third-order valence-electron chi connectivity index (χ3n) is 2.52. The van der Waals surface area contributed by atoms with Crippen molar-refractivity contribution >= 4 is 0 Å². The topological polar surface area (TPSA) is 0 Å². The third-order valence-corrected chi connectivity index (χ3v) is 2.52. The van der Waals surface area contributed by atoms with Gasteiger partial charge in [-0.2, -0.15) is 0 Å². The minimum Gasteiger partial charge on any atom is -0.0956 e. The van der Waals surface area contributed by atoms with E-state index in [0.29, 0.717) is 5.41 Å². The highest BCUT2D eigenvalue weighted by molar-refractivity contribution is 5.32. The van der Waals surface area contributed by atoms with E-state index >= 15 is 0 Å². The molecule has 1 fully saturated rings. The van der Waals surface area contributed by atoms with Gasteiger partial charge in [-0.25, -0.2) is 0 Å². The predicted molar refractivity (Wildman–Crippen MR) is 45.9 cm³/mol. The first-order valence-electron chi connectivity index (χ1n) is 3.91. The van der Waals surface area contributed by atoms with Gasteiger partial charge in [0.15, 0.2) is 0 Å². The van der Waals surface area contributed by atoms with Gasteiger partial charge in [0.25, 0.3) is 0 Å². The molecule has 0 radical (unpaired) electrons. The Bertz CT molecular complexity index is 172. The van der Waals surface area contributed by atoms with Crippen LogP contribution in [0.25, 0.3) is 0 Å². The van der Waals surface area contributed by atoms with Gasteiger partial charge in [0.1, 0.15) is 0 Å². The van der Waals surface area contributed by atoms with Gasteiger partial charge < -0.3 is 0 Å². The Morgan fingerprint density at radius 1 is 1.30 bits per heavy atom. The Kier molecular flexibility index (Phi) is 1.72. The monoisotopic (exact) mass is 136 g/mol. The van der Waals surface area contributed by atoms with E-state index in [4.69, 9.17) is 0 Å². The van der Waals surface area contributed by atoms with Crippen LogP contribution < -0.4 is 0 Å². The normalized spacial score (nSPS) is 25.0. The summed E-state index contributed by atoms with van der Waals surface area (Å²) in [6.45, 7) is 12.5. The molecule has 1 aliphatic carbocycles. The molecule has 0 atom stereocenters. The van der Waals surface area contributed by atoms with Gasteiger partial charge in [-0.05, 0) is 30.3 Å². The van der Waals surface area contributed by atoms with Gasteiger partial charge in [-0.1, -0.05) is 32.6 Å². The van der Waals surface area contributed by atoms with Gasteiger partial charge in [0, 0.05) is 0 Å². The summed E-state index contributed by atoms with van der Waals surface area (Å²) in [7, 11) is 0. The Balaban J connectivity index is 2.79. The summed E-state index contributed by atoms with van der Waals surface area (Å²) in [5, 5.41) is 0. The maximum absolute atomic E-state index is 4.05. The first-order chi connectivity index (χ1) is 4.54. The van der Waals surface area contributed by atoms with E-state index in [1.165, 1.54) is 24.0 Å². The fourth-order valence-corrected chi connectivity index (χ4v) is 1.52. The average Bonchev–Trinajstić information content (AvgIpc) is 1.83. The number of hydrogen-bond donors (Lipinski definition) is 0. The van der Waals surface area contributed by atoms with Crippen molar-refractivity contribution in [3.63, 3.8) is 0 Å². The molecule has 0 N–H and O–H groups in total. The van der Waals surface area contributed by atoms with Crippen LogP contribution in [0.4, 0.5) is 0 Å². The highest BCUT2D eigenvalue weighted by atomic mass is 14.3. The van der Waals surface area contributed by atoms with Crippen molar-refractivity contribution in [1.82, 2.24) is 0 Å². The largest absolute Gasteiger partial charge is 0.0956 e. The number of allylic oxidation sites excluding steroid dienone is 2. The van der Waals surface area contributed by atoms with E-state index in [2.05, 4.69) is 27.0 Å². The van der Waals surface area contributed by atoms with Crippen LogP contribution in [0.5, 0.6) is 0 Å². The molecule has 0 spiro atoms. The second-order valence-corrected chi connectivity index (χ2v) is 3.82. The molecule has 0 bridgehead atoms. The zero-order chi connectivity index (χ0) is 7.78. The standard InChI is InChI=1S/C10H16/c1-8-6-5-7-10(3,4)9(8)2/h1-2,5-7H2,3-4H3. The lowest BCUT2D eigenvalue weighted by molar-refractivity contribution is 0.372. The summed E-state index contributed by atoms with van der Waals surface area (Å²) in [5.41, 5.74) is 2.84. The van der Waals surface area contributed by atoms with E-state index in [9.17, 15) is 0 Å². The van der Waals surface area contributed by atoms with Crippen molar-refractivity contribution in [2.45, 2.75) is 33.1 Å². The summed E-state index contributed by atoms with van der Waals surface area (Å²) < 4.78 is 0. The number of rotatable bonds is 0. The van der Waals surface area contributed by atoms with Crippen LogP contribution in [0.1, 0.15) is 33.1 Å². The molecule has 0 aromatic carbocycles. The van der Waals surface area contributed by atoms with E-state index < -0.39 is 0 Å². The van der Waals surface area contributed by atoms with Gasteiger partial charge in [0.2, 0.25) is 0 Å². The van der Waals surface area contributed by atoms with Gasteiger partial charge >= 0.3 is 0 Å². The second-order valence-electron chi connectivity index (χ2n) is 3.82. The maximum atomic E-state index is 4.05. The van der Waals surface area contributed by atoms with Crippen molar-refractivity contribution in [2.75, 3.05) is 0 Å². The molecule has 0 amide bonds. The van der Waals surface area contributed by atoms with Crippen molar-refractivity contribution in [3.8, 4) is 0 Å². The fraction of sp³-hybridized carbons (Fsp3) is 0.600. The van der Waals surface area contributed by atoms with E-state index in [1.807, 2.05) is 0 Å². The van der Waals surface area contributed by atoms with Gasteiger partial charge in [0.05, 0.1) is 0 Å². The van der Waals surface area contributed by atoms with Crippen molar-refractivity contribution in [2.24, 2.45) is 5.41 Å². The maximum Gasteiger partial charge on any atom is -0.0107 e. The SMILES string of the molecule is C=C1CCCC(C)(C)C1=C. The van der Waals surface area contributed by atoms with Crippen LogP contribution in [-0.4, -0.2) is 0 Å². The highest BCUT2D eigenvalue weighted by Gasteiger charge is 2.26. The van der Waals surface area contributed by atoms with Crippen LogP contribution in [0.2, 0.25) is 0 Å². The average molecular weight is 136 g/mol. The molecular weight excluding hydrogens is 120 g/mol. The molecule has 0 nitrogen and oxygen atoms in total. The van der Waals surface area contributed by atoms with Crippen molar-refractivity contribution < 1.29 is 0 Å². The lowest BCUT2D eigenvalue weighted by atomic mass is 9.72. The van der Waals surface area contributed by atoms with Crippen LogP contribution in [0, 0.1) is 5.41 Å². The Labute approximate surface area is 63.6 Å². The van der Waals surface area contributed by atoms with E-state index in [1.54, 1.807) is 0 Å². The Morgan fingerprint density at radius 3 is 2.30 bits per heavy atom. The molecule has 0 aromatic heterocycles. The number of hydrogen-bond acceptors (Lipinski definition) is 0. The summed E-state index contributed by atoms with van der Waals surface area (Å²) in [6, 6.07) is 0.